The fourth-order valence-corrected chi connectivity index (χ4v) is 17.9. The first-order valence-corrected chi connectivity index (χ1v) is 45.2. The van der Waals surface area contributed by atoms with Crippen molar-refractivity contribution < 1.29 is 34.8 Å². The van der Waals surface area contributed by atoms with E-state index in [1.54, 1.807) is 20.3 Å². The van der Waals surface area contributed by atoms with E-state index in [2.05, 4.69) is 207 Å². The Morgan fingerprint density at radius 1 is 0.378 bits per heavy atom. The predicted octanol–water partition coefficient (Wildman–Crippen LogP) is 18.1. The lowest BCUT2D eigenvalue weighted by atomic mass is 9.73. The maximum atomic E-state index is 13.0. The van der Waals surface area contributed by atoms with Crippen LogP contribution in [0.2, 0.25) is 0 Å². The summed E-state index contributed by atoms with van der Waals surface area (Å²) in [7, 11) is 3.20. The Hall–Kier alpha value is -12.1. The van der Waals surface area contributed by atoms with Gasteiger partial charge in [0.2, 0.25) is 0 Å². The van der Waals surface area contributed by atoms with Gasteiger partial charge in [0.1, 0.15) is 11.5 Å². The van der Waals surface area contributed by atoms with Crippen molar-refractivity contribution in [3.8, 4) is 29.7 Å². The molecule has 6 aliphatic rings. The van der Waals surface area contributed by atoms with Gasteiger partial charge in [-0.3, -0.25) is 33.7 Å². The second-order valence-corrected chi connectivity index (χ2v) is 34.7. The fraction of sp³-hybridized carbons (Fsp3) is 0.380. The second-order valence-electron chi connectivity index (χ2n) is 34.7. The van der Waals surface area contributed by atoms with E-state index in [9.17, 15) is 24.4 Å². The van der Waals surface area contributed by atoms with E-state index in [0.29, 0.717) is 67.8 Å². The third-order valence-electron chi connectivity index (χ3n) is 25.8. The van der Waals surface area contributed by atoms with Crippen molar-refractivity contribution in [2.45, 2.75) is 116 Å². The Balaban J connectivity index is 0.000000178. The number of amides is 4. The highest BCUT2D eigenvalue weighted by molar-refractivity contribution is 5.98. The molecule has 6 fully saturated rings. The van der Waals surface area contributed by atoms with Crippen LogP contribution in [0.1, 0.15) is 153 Å². The van der Waals surface area contributed by atoms with Crippen molar-refractivity contribution in [1.29, 1.82) is 15.8 Å². The Labute approximate surface area is 754 Å². The summed E-state index contributed by atoms with van der Waals surface area (Å²) in [6.07, 6.45) is 15.6. The maximum Gasteiger partial charge on any atom is 0.255 e. The standard InChI is InChI=1S/C28H32N2O2.C21H26N2O2.C20H20N2O.C20H26N2.C13H14N2O.C6H10N2.FH.H2/c1-32-26-15-9-8-14-25(26)27(31)29-22-28(20-23-10-4-2-5-11-23)16-18-30(19-17-28)21-24-12-6-3-7-13-24;1-25-19-10-6-5-9-18(19)20(24)23-16-21(11-13-22-14-12-21)15-17-7-3-2-4-8-17;21-16-20(15-17-7-3-1-4-8-17)11-13-22(14-12-20)19(23)18-9-5-2-6-10-18;21-17-20(15-18-7-3-1-4-8-18)11-13-22(14-12-20)16-19-9-5-2-6-10-19;14-10-11-6-8-15(9-7-11)13(16)12-4-2-1-3-5-12;7-5-6-1-3-8-4-2-6;;/h2-15H,16-22H2,1H3,(H,29,31);2-10,22H,11-16H2,1H3,(H,23,24);1-10H,11-15H2;1-10H,11-17,21H2;1-5,11H,6-9H2;6,8H,1-4H2;2*1H/i;;;;;;;1+2. The van der Waals surface area contributed by atoms with Gasteiger partial charge < -0.3 is 46.3 Å². The number of hydrogen-bond donors (Lipinski definition) is 5. The summed E-state index contributed by atoms with van der Waals surface area (Å²) in [6, 6.07) is 104. The van der Waals surface area contributed by atoms with Gasteiger partial charge >= 0.3 is 0 Å². The van der Waals surface area contributed by atoms with E-state index in [1.807, 2.05) is 137 Å². The third kappa shape index (κ3) is 30.6. The number of ether oxygens (including phenoxy) is 2. The summed E-state index contributed by atoms with van der Waals surface area (Å²) >= 11 is 0. The summed E-state index contributed by atoms with van der Waals surface area (Å²) in [5, 5.41) is 39.9. The molecule has 6 heterocycles. The number of hydrogen-bond acceptors (Lipinski definition) is 14. The van der Waals surface area contributed by atoms with E-state index in [1.165, 1.54) is 46.2 Å². The second kappa shape index (κ2) is 51.5. The highest BCUT2D eigenvalue weighted by atomic mass is 19.0. The molecular formula is C108H131FN12O6. The van der Waals surface area contributed by atoms with Gasteiger partial charge in [0.15, 0.2) is 0 Å². The van der Waals surface area contributed by atoms with E-state index in [4.69, 9.17) is 25.7 Å². The van der Waals surface area contributed by atoms with Crippen LogP contribution in [-0.2, 0) is 38.8 Å². The van der Waals surface area contributed by atoms with E-state index in [-0.39, 0.29) is 57.3 Å². The number of nitrogens with two attached hydrogens (primary N) is 1. The van der Waals surface area contributed by atoms with Crippen LogP contribution in [0.4, 0.5) is 4.70 Å². The molecule has 0 atom stereocenters. The first-order chi connectivity index (χ1) is 61.7. The highest BCUT2D eigenvalue weighted by Crippen LogP contribution is 2.39. The summed E-state index contributed by atoms with van der Waals surface area (Å²) < 4.78 is 10.7. The number of likely N-dealkylation sites (tertiary alicyclic amines) is 4. The molecule has 0 aliphatic carbocycles. The number of nitrogens with zero attached hydrogens (tertiary/aromatic N) is 7. The van der Waals surface area contributed by atoms with Crippen molar-refractivity contribution in [3.05, 3.63) is 347 Å². The number of carbonyl (C=O) groups excluding carboxylic acids is 4. The van der Waals surface area contributed by atoms with E-state index in [0.717, 1.165) is 173 Å². The largest absolute Gasteiger partial charge is 0.496 e. The van der Waals surface area contributed by atoms with Gasteiger partial charge in [-0.15, -0.1) is 0 Å². The molecule has 0 aromatic heterocycles. The molecule has 0 bridgehead atoms. The zero-order chi connectivity index (χ0) is 88.3. The minimum Gasteiger partial charge on any atom is -0.496 e. The number of piperidine rings is 6. The third-order valence-corrected chi connectivity index (χ3v) is 25.8. The summed E-state index contributed by atoms with van der Waals surface area (Å²) in [6.45, 7) is 15.3. The van der Waals surface area contributed by atoms with Crippen LogP contribution in [0.15, 0.2) is 291 Å². The molecule has 0 radical (unpaired) electrons. The molecule has 0 spiro atoms. The molecule has 16 rings (SSSR count). The molecular weight excluding hydrogens is 1580 g/mol. The van der Waals surface area contributed by atoms with Gasteiger partial charge in [0.25, 0.3) is 23.6 Å². The number of para-hydroxylation sites is 2. The lowest BCUT2D eigenvalue weighted by Crippen LogP contribution is -2.47. The molecule has 18 nitrogen and oxygen atoms in total. The van der Waals surface area contributed by atoms with Gasteiger partial charge in [-0.1, -0.05) is 243 Å². The van der Waals surface area contributed by atoms with Crippen LogP contribution in [0.3, 0.4) is 0 Å². The first kappa shape index (κ1) is 97.1. The molecule has 19 heteroatoms. The SMILES string of the molecule is COc1ccccc1C(=O)NCC1(Cc2ccccc2)CCN(Cc2ccccc2)CC1.COc1ccccc1C(=O)NCC1(Cc2ccccc2)CCNCC1.F.N#CC1(Cc2ccccc2)CCN(C(=O)c2ccccc2)CC1.N#CC1CCN(C(=O)c2ccccc2)CC1.N#CC1CCNCC1.NCC1(Cc2ccccc2)CCN(Cc2ccccc2)CC1.[3HH]. The van der Waals surface area contributed by atoms with E-state index >= 15 is 0 Å². The van der Waals surface area contributed by atoms with Crippen molar-refractivity contribution in [2.24, 2.45) is 39.2 Å². The fourth-order valence-electron chi connectivity index (χ4n) is 17.9. The zero-order valence-electron chi connectivity index (χ0n) is 74.3. The molecule has 666 valence electrons. The number of nitrogens with one attached hydrogen (secondary N) is 4. The Kier molecular flexibility index (Phi) is 39.4. The lowest BCUT2D eigenvalue weighted by Gasteiger charge is -2.42. The topological polar surface area (TPSA) is 245 Å². The summed E-state index contributed by atoms with van der Waals surface area (Å²) in [5.41, 5.74) is 16.9. The van der Waals surface area contributed by atoms with Gasteiger partial charge in [-0.25, -0.2) is 0 Å². The van der Waals surface area contributed by atoms with Gasteiger partial charge in [0, 0.05) is 76.7 Å². The molecule has 6 aliphatic heterocycles. The monoisotopic (exact) mass is 1710 g/mol. The number of methoxy groups -OCH3 is 2. The van der Waals surface area contributed by atoms with Crippen LogP contribution in [-0.4, -0.2) is 156 Å². The average molecular weight is 1710 g/mol. The van der Waals surface area contributed by atoms with Crippen molar-refractivity contribution in [1.82, 2.24) is 40.9 Å². The minimum absolute atomic E-state index is 0. The van der Waals surface area contributed by atoms with E-state index < -0.39 is 0 Å². The average Bonchev–Trinajstić information content (AvgIpc) is 0.814. The number of benzene rings is 10. The number of rotatable bonds is 23. The van der Waals surface area contributed by atoms with Crippen LogP contribution in [0.5, 0.6) is 11.5 Å². The Morgan fingerprint density at radius 2 is 0.685 bits per heavy atom. The molecule has 6 N–H and O–H groups in total. The summed E-state index contributed by atoms with van der Waals surface area (Å²) in [5.74, 6) is 1.69. The van der Waals surface area contributed by atoms with Crippen molar-refractivity contribution in [3.63, 3.8) is 0 Å². The van der Waals surface area contributed by atoms with Crippen molar-refractivity contribution in [2.75, 3.05) is 112 Å². The lowest BCUT2D eigenvalue weighted by molar-refractivity contribution is 0.0646. The smallest absolute Gasteiger partial charge is 0.255 e. The zero-order valence-corrected chi connectivity index (χ0v) is 74.3. The van der Waals surface area contributed by atoms with Crippen LogP contribution >= 0.6 is 0 Å². The number of nitriles is 3. The molecule has 0 unspecified atom stereocenters. The minimum atomic E-state index is -0.352. The van der Waals surface area contributed by atoms with Crippen LogP contribution < -0.4 is 36.5 Å². The first-order valence-electron chi connectivity index (χ1n) is 45.2. The molecule has 10 aromatic carbocycles. The maximum absolute atomic E-state index is 13.0. The number of carbonyl (C=O) groups is 4. The Morgan fingerprint density at radius 3 is 1.04 bits per heavy atom. The van der Waals surface area contributed by atoms with Crippen LogP contribution in [0, 0.1) is 67.5 Å². The van der Waals surface area contributed by atoms with Crippen molar-refractivity contribution >= 4 is 23.6 Å². The van der Waals surface area contributed by atoms with Gasteiger partial charge in [-0.2, -0.15) is 15.8 Å². The molecule has 127 heavy (non-hydrogen) atoms. The molecule has 6 saturated heterocycles. The normalized spacial score (nSPS) is 16.9. The quantitative estimate of drug-likeness (QED) is 0.0400. The molecule has 4 amide bonds. The van der Waals surface area contributed by atoms with Gasteiger partial charge in [-0.05, 0) is 260 Å². The predicted molar refractivity (Wildman–Crippen MR) is 508 cm³/mol. The summed E-state index contributed by atoms with van der Waals surface area (Å²) in [4.78, 5) is 59.0. The van der Waals surface area contributed by atoms with Gasteiger partial charge in [0.05, 0.1) is 49.0 Å². The highest BCUT2D eigenvalue weighted by Gasteiger charge is 2.39. The number of halogens is 1. The molecule has 10 aromatic rings. The molecule has 0 saturated carbocycles. The Bertz CT molecular complexity index is 5010. The van der Waals surface area contributed by atoms with Crippen LogP contribution in [0.25, 0.3) is 0 Å².